The van der Waals surface area contributed by atoms with Gasteiger partial charge in [0.1, 0.15) is 13.2 Å². The number of hydrogen-bond donors (Lipinski definition) is 1. The van der Waals surface area contributed by atoms with Crippen LogP contribution in [0.5, 0.6) is 23.0 Å². The van der Waals surface area contributed by atoms with Crippen molar-refractivity contribution in [3.05, 3.63) is 36.4 Å². The molecule has 0 aromatic heterocycles. The fourth-order valence-electron chi connectivity index (χ4n) is 3.93. The highest BCUT2D eigenvalue weighted by atomic mass is 32.2. The maximum Gasteiger partial charge on any atom is 0.251 e. The summed E-state index contributed by atoms with van der Waals surface area (Å²) >= 11 is 1.46. The van der Waals surface area contributed by atoms with E-state index in [1.807, 2.05) is 36.4 Å². The van der Waals surface area contributed by atoms with E-state index in [2.05, 4.69) is 5.32 Å². The van der Waals surface area contributed by atoms with Crippen LogP contribution in [0.3, 0.4) is 0 Å². The molecule has 2 aliphatic heterocycles. The Balaban J connectivity index is 1.18. The van der Waals surface area contributed by atoms with Crippen LogP contribution in [0.2, 0.25) is 0 Å². The summed E-state index contributed by atoms with van der Waals surface area (Å²) in [6.07, 6.45) is 5.29. The molecule has 3 aliphatic rings. The first kappa shape index (κ1) is 18.5. The van der Waals surface area contributed by atoms with Gasteiger partial charge in [-0.15, -0.1) is 11.8 Å². The summed E-state index contributed by atoms with van der Waals surface area (Å²) in [5.74, 6) is 2.68. The average Bonchev–Trinajstić information content (AvgIpc) is 3.09. The molecule has 1 aliphatic carbocycles. The predicted molar refractivity (Wildman–Crippen MR) is 110 cm³/mol. The van der Waals surface area contributed by atoms with Crippen molar-refractivity contribution in [3.63, 3.8) is 0 Å². The summed E-state index contributed by atoms with van der Waals surface area (Å²) in [5.41, 5.74) is 0.716. The summed E-state index contributed by atoms with van der Waals surface area (Å²) in [6, 6.07) is 11.3. The van der Waals surface area contributed by atoms with Crippen LogP contribution >= 0.6 is 11.8 Å². The molecule has 5 rings (SSSR count). The van der Waals surface area contributed by atoms with Crippen molar-refractivity contribution in [2.75, 3.05) is 24.3 Å². The fraction of sp³-hybridized carbons (Fsp3) is 0.409. The largest absolute Gasteiger partial charge is 0.486 e. The highest BCUT2D eigenvalue weighted by Crippen LogP contribution is 2.46. The second-order valence-electron chi connectivity index (χ2n) is 7.48. The number of anilines is 1. The summed E-state index contributed by atoms with van der Waals surface area (Å²) in [4.78, 5) is 13.4. The Labute approximate surface area is 173 Å². The molecule has 152 valence electrons. The fourth-order valence-corrected chi connectivity index (χ4v) is 4.65. The smallest absolute Gasteiger partial charge is 0.251 e. The quantitative estimate of drug-likeness (QED) is 0.738. The Morgan fingerprint density at radius 3 is 2.52 bits per heavy atom. The molecule has 2 heterocycles. The van der Waals surface area contributed by atoms with E-state index in [1.54, 1.807) is 0 Å². The van der Waals surface area contributed by atoms with E-state index in [1.165, 1.54) is 18.2 Å². The maximum absolute atomic E-state index is 12.4. The van der Waals surface area contributed by atoms with E-state index >= 15 is 0 Å². The van der Waals surface area contributed by atoms with E-state index < -0.39 is 5.79 Å². The van der Waals surface area contributed by atoms with Crippen LogP contribution in [0.1, 0.15) is 32.1 Å². The van der Waals surface area contributed by atoms with Gasteiger partial charge in [0, 0.05) is 29.5 Å². The van der Waals surface area contributed by atoms with Crippen molar-refractivity contribution in [2.45, 2.75) is 42.8 Å². The van der Waals surface area contributed by atoms with Crippen molar-refractivity contribution < 1.29 is 23.7 Å². The number of thioether (sulfide) groups is 1. The molecule has 7 heteroatoms. The van der Waals surface area contributed by atoms with Crippen molar-refractivity contribution >= 4 is 23.4 Å². The molecular weight excluding hydrogens is 390 g/mol. The zero-order valence-corrected chi connectivity index (χ0v) is 16.9. The molecule has 2 aromatic carbocycles. The number of fused-ring (bicyclic) bond motifs is 2. The molecule has 0 atom stereocenters. The van der Waals surface area contributed by atoms with Crippen molar-refractivity contribution in [2.24, 2.45) is 0 Å². The van der Waals surface area contributed by atoms with Crippen molar-refractivity contribution in [3.8, 4) is 23.0 Å². The molecule has 6 nitrogen and oxygen atoms in total. The molecule has 0 saturated heterocycles. The van der Waals surface area contributed by atoms with E-state index in [9.17, 15) is 4.79 Å². The first-order valence-electron chi connectivity index (χ1n) is 10.0. The van der Waals surface area contributed by atoms with Gasteiger partial charge in [-0.3, -0.25) is 4.79 Å². The van der Waals surface area contributed by atoms with Crippen LogP contribution < -0.4 is 24.3 Å². The molecule has 29 heavy (non-hydrogen) atoms. The molecule has 1 saturated carbocycles. The minimum Gasteiger partial charge on any atom is -0.486 e. The molecule has 0 bridgehead atoms. The van der Waals surface area contributed by atoms with Crippen molar-refractivity contribution in [1.82, 2.24) is 0 Å². The third kappa shape index (κ3) is 3.96. The minimum atomic E-state index is -0.503. The normalized spacial score (nSPS) is 18.5. The molecule has 1 fully saturated rings. The number of carbonyl (C=O) groups is 1. The summed E-state index contributed by atoms with van der Waals surface area (Å²) in [7, 11) is 0. The second kappa shape index (κ2) is 7.71. The minimum absolute atomic E-state index is 0.0730. The highest BCUT2D eigenvalue weighted by molar-refractivity contribution is 8.00. The van der Waals surface area contributed by atoms with Gasteiger partial charge in [-0.1, -0.05) is 6.42 Å². The van der Waals surface area contributed by atoms with Gasteiger partial charge >= 0.3 is 0 Å². The molecule has 1 amide bonds. The predicted octanol–water partition coefficient (Wildman–Crippen LogP) is 4.62. The van der Waals surface area contributed by atoms with Crippen LogP contribution in [0.15, 0.2) is 41.3 Å². The second-order valence-corrected chi connectivity index (χ2v) is 8.53. The van der Waals surface area contributed by atoms with E-state index in [0.717, 1.165) is 47.8 Å². The van der Waals surface area contributed by atoms with Crippen molar-refractivity contribution in [1.29, 1.82) is 0 Å². The standard InChI is InChI=1S/C22H23NO5S/c24-21(14-29-16-5-7-17-19(13-16)26-11-10-25-17)23-15-4-6-18-20(12-15)28-22(27-18)8-2-1-3-9-22/h4-7,12-13H,1-3,8-11,14H2,(H,23,24). The summed E-state index contributed by atoms with van der Waals surface area (Å²) < 4.78 is 23.3. The number of rotatable bonds is 4. The molecule has 1 spiro atoms. The number of carbonyl (C=O) groups excluding carboxylic acids is 1. The Bertz CT molecular complexity index is 925. The zero-order chi connectivity index (χ0) is 19.7. The number of nitrogens with one attached hydrogen (secondary N) is 1. The third-order valence-corrected chi connectivity index (χ3v) is 6.31. The Morgan fingerprint density at radius 2 is 1.66 bits per heavy atom. The Hall–Kier alpha value is -2.54. The van der Waals surface area contributed by atoms with Crippen LogP contribution in [0.4, 0.5) is 5.69 Å². The van der Waals surface area contributed by atoms with Gasteiger partial charge in [-0.25, -0.2) is 0 Å². The molecule has 1 N–H and O–H groups in total. The topological polar surface area (TPSA) is 66.0 Å². The SMILES string of the molecule is O=C(CSc1ccc2c(c1)OCCO2)Nc1ccc2c(c1)OC1(CCCCC1)O2. The van der Waals surface area contributed by atoms with E-state index in [0.29, 0.717) is 30.4 Å². The Kier molecular flexibility index (Phi) is 4.91. The maximum atomic E-state index is 12.4. The molecule has 0 unspecified atom stereocenters. The lowest BCUT2D eigenvalue weighted by Gasteiger charge is -2.31. The summed E-state index contributed by atoms with van der Waals surface area (Å²) in [6.45, 7) is 1.12. The van der Waals surface area contributed by atoms with Gasteiger partial charge < -0.3 is 24.3 Å². The lowest BCUT2D eigenvalue weighted by atomic mass is 9.94. The van der Waals surface area contributed by atoms with Crippen LogP contribution in [0, 0.1) is 0 Å². The van der Waals surface area contributed by atoms with Gasteiger partial charge in [0.2, 0.25) is 5.91 Å². The highest BCUT2D eigenvalue weighted by Gasteiger charge is 2.42. The average molecular weight is 413 g/mol. The number of amides is 1. The van der Waals surface area contributed by atoms with Gasteiger partial charge in [0.15, 0.2) is 23.0 Å². The lowest BCUT2D eigenvalue weighted by Crippen LogP contribution is -2.40. The number of benzene rings is 2. The Morgan fingerprint density at radius 1 is 0.897 bits per heavy atom. The molecular formula is C22H23NO5S. The van der Waals surface area contributed by atoms with Gasteiger partial charge in [-0.2, -0.15) is 0 Å². The first-order valence-corrected chi connectivity index (χ1v) is 11.0. The lowest BCUT2D eigenvalue weighted by molar-refractivity contribution is -0.113. The zero-order valence-electron chi connectivity index (χ0n) is 16.1. The molecule has 0 radical (unpaired) electrons. The number of hydrogen-bond acceptors (Lipinski definition) is 6. The van der Waals surface area contributed by atoms with Crippen LogP contribution in [0.25, 0.3) is 0 Å². The van der Waals surface area contributed by atoms with Crippen LogP contribution in [-0.4, -0.2) is 30.7 Å². The third-order valence-electron chi connectivity index (χ3n) is 5.32. The van der Waals surface area contributed by atoms with Gasteiger partial charge in [0.25, 0.3) is 5.79 Å². The van der Waals surface area contributed by atoms with Crippen LogP contribution in [-0.2, 0) is 4.79 Å². The first-order chi connectivity index (χ1) is 14.2. The van der Waals surface area contributed by atoms with Gasteiger partial charge in [-0.05, 0) is 43.2 Å². The van der Waals surface area contributed by atoms with Gasteiger partial charge in [0.05, 0.1) is 5.75 Å². The monoisotopic (exact) mass is 413 g/mol. The van der Waals surface area contributed by atoms with E-state index in [-0.39, 0.29) is 5.91 Å². The number of ether oxygens (including phenoxy) is 4. The molecule has 2 aromatic rings. The van der Waals surface area contributed by atoms with E-state index in [4.69, 9.17) is 18.9 Å². The summed E-state index contributed by atoms with van der Waals surface area (Å²) in [5, 5.41) is 2.94.